The molecule has 1 aromatic rings. The lowest BCUT2D eigenvalue weighted by molar-refractivity contribution is 0.153. The fourth-order valence-corrected chi connectivity index (χ4v) is 3.72. The molecule has 1 aromatic carbocycles. The van der Waals surface area contributed by atoms with Gasteiger partial charge in [0.2, 0.25) is 0 Å². The molecule has 0 radical (unpaired) electrons. The van der Waals surface area contributed by atoms with E-state index in [4.69, 9.17) is 4.74 Å². The van der Waals surface area contributed by atoms with Crippen LogP contribution in [0.4, 0.5) is 5.69 Å². The maximum Gasteiger partial charge on any atom is 0.0552 e. The predicted octanol–water partition coefficient (Wildman–Crippen LogP) is 2.37. The van der Waals surface area contributed by atoms with Crippen molar-refractivity contribution in [3.05, 3.63) is 29.3 Å². The van der Waals surface area contributed by atoms with Gasteiger partial charge in [-0.15, -0.1) is 0 Å². The van der Waals surface area contributed by atoms with Gasteiger partial charge in [-0.25, -0.2) is 0 Å². The van der Waals surface area contributed by atoms with E-state index in [1.807, 2.05) is 7.05 Å². The quantitative estimate of drug-likeness (QED) is 0.912. The zero-order valence-electron chi connectivity index (χ0n) is 12.7. The molecule has 3 heteroatoms. The minimum Gasteiger partial charge on any atom is -0.381 e. The van der Waals surface area contributed by atoms with Crippen LogP contribution in [0.3, 0.4) is 0 Å². The maximum atomic E-state index is 5.69. The Kier molecular flexibility index (Phi) is 3.99. The van der Waals surface area contributed by atoms with Crippen LogP contribution in [0.1, 0.15) is 24.0 Å². The van der Waals surface area contributed by atoms with Crippen molar-refractivity contribution in [2.24, 2.45) is 5.41 Å². The Balaban J connectivity index is 1.81. The first kappa shape index (κ1) is 13.9. The van der Waals surface area contributed by atoms with Crippen LogP contribution < -0.4 is 10.2 Å². The molecule has 0 aromatic heterocycles. The molecule has 0 aliphatic carbocycles. The summed E-state index contributed by atoms with van der Waals surface area (Å²) in [6, 6.07) is 6.91. The number of hydrogen-bond acceptors (Lipinski definition) is 3. The number of nitrogens with zero attached hydrogens (tertiary/aromatic N) is 1. The molecule has 3 nitrogen and oxygen atoms in total. The van der Waals surface area contributed by atoms with E-state index in [9.17, 15) is 0 Å². The highest BCUT2D eigenvalue weighted by atomic mass is 16.5. The van der Waals surface area contributed by atoms with Gasteiger partial charge in [0.05, 0.1) is 6.61 Å². The Labute approximate surface area is 122 Å². The smallest absolute Gasteiger partial charge is 0.0552 e. The predicted molar refractivity (Wildman–Crippen MR) is 83.5 cm³/mol. The summed E-state index contributed by atoms with van der Waals surface area (Å²) in [7, 11) is 2.05. The standard InChI is InChI=1S/C17H26N2O/c1-14-5-6-16-15(10-14)4-3-8-19(16)12-17(11-18-2)7-9-20-13-17/h5-6,10,18H,3-4,7-9,11-13H2,1-2H3. The van der Waals surface area contributed by atoms with Crippen molar-refractivity contribution >= 4 is 5.69 Å². The molecule has 1 atom stereocenters. The van der Waals surface area contributed by atoms with Crippen molar-refractivity contribution in [3.63, 3.8) is 0 Å². The van der Waals surface area contributed by atoms with Crippen LogP contribution in [0.15, 0.2) is 18.2 Å². The van der Waals surface area contributed by atoms with E-state index in [0.29, 0.717) is 0 Å². The van der Waals surface area contributed by atoms with Gasteiger partial charge in [0, 0.05) is 37.3 Å². The first-order valence-electron chi connectivity index (χ1n) is 7.79. The molecule has 2 heterocycles. The Hall–Kier alpha value is -1.06. The molecule has 110 valence electrons. The molecule has 0 spiro atoms. The van der Waals surface area contributed by atoms with Gasteiger partial charge in [-0.1, -0.05) is 17.7 Å². The molecule has 1 N–H and O–H groups in total. The Morgan fingerprint density at radius 1 is 1.40 bits per heavy atom. The van der Waals surface area contributed by atoms with E-state index >= 15 is 0 Å². The summed E-state index contributed by atoms with van der Waals surface area (Å²) in [5.74, 6) is 0. The van der Waals surface area contributed by atoms with Gasteiger partial charge in [-0.05, 0) is 44.9 Å². The number of rotatable bonds is 4. The molecule has 1 saturated heterocycles. The summed E-state index contributed by atoms with van der Waals surface area (Å²) in [5, 5.41) is 3.37. The van der Waals surface area contributed by atoms with Gasteiger partial charge in [0.1, 0.15) is 0 Å². The van der Waals surface area contributed by atoms with Crippen LogP contribution in [0, 0.1) is 12.3 Å². The fraction of sp³-hybridized carbons (Fsp3) is 0.647. The van der Waals surface area contributed by atoms with Gasteiger partial charge in [-0.2, -0.15) is 0 Å². The van der Waals surface area contributed by atoms with Crippen LogP contribution >= 0.6 is 0 Å². The Morgan fingerprint density at radius 2 is 2.30 bits per heavy atom. The first-order valence-corrected chi connectivity index (χ1v) is 7.79. The van der Waals surface area contributed by atoms with Gasteiger partial charge in [0.15, 0.2) is 0 Å². The van der Waals surface area contributed by atoms with E-state index in [0.717, 1.165) is 26.3 Å². The molecular formula is C17H26N2O. The van der Waals surface area contributed by atoms with Crippen molar-refractivity contribution in [2.75, 3.05) is 44.8 Å². The highest BCUT2D eigenvalue weighted by molar-refractivity contribution is 5.57. The van der Waals surface area contributed by atoms with E-state index < -0.39 is 0 Å². The summed E-state index contributed by atoms with van der Waals surface area (Å²) < 4.78 is 5.69. The summed E-state index contributed by atoms with van der Waals surface area (Å²) in [4.78, 5) is 2.59. The summed E-state index contributed by atoms with van der Waals surface area (Å²) >= 11 is 0. The van der Waals surface area contributed by atoms with E-state index in [1.165, 1.54) is 42.6 Å². The van der Waals surface area contributed by atoms with Crippen molar-refractivity contribution in [2.45, 2.75) is 26.2 Å². The molecule has 0 bridgehead atoms. The van der Waals surface area contributed by atoms with E-state index in [2.05, 4.69) is 35.3 Å². The summed E-state index contributed by atoms with van der Waals surface area (Å²) in [5.41, 5.74) is 4.63. The highest BCUT2D eigenvalue weighted by Gasteiger charge is 2.37. The minimum atomic E-state index is 0.286. The zero-order valence-corrected chi connectivity index (χ0v) is 12.7. The second-order valence-electron chi connectivity index (χ2n) is 6.49. The Bertz CT molecular complexity index is 466. The van der Waals surface area contributed by atoms with Crippen LogP contribution in [0.25, 0.3) is 0 Å². The first-order chi connectivity index (χ1) is 9.72. The van der Waals surface area contributed by atoms with Crippen molar-refractivity contribution < 1.29 is 4.74 Å². The van der Waals surface area contributed by atoms with Gasteiger partial charge < -0.3 is 15.0 Å². The largest absolute Gasteiger partial charge is 0.381 e. The molecule has 1 fully saturated rings. The number of benzene rings is 1. The van der Waals surface area contributed by atoms with Crippen LogP contribution in [0.5, 0.6) is 0 Å². The number of nitrogens with one attached hydrogen (secondary N) is 1. The summed E-state index contributed by atoms with van der Waals surface area (Å²) in [6.45, 7) is 7.34. The number of fused-ring (bicyclic) bond motifs is 1. The van der Waals surface area contributed by atoms with Crippen LogP contribution in [-0.2, 0) is 11.2 Å². The molecule has 1 unspecified atom stereocenters. The lowest BCUT2D eigenvalue weighted by atomic mass is 9.85. The number of anilines is 1. The lowest BCUT2D eigenvalue weighted by Gasteiger charge is -2.39. The fourth-order valence-electron chi connectivity index (χ4n) is 3.72. The lowest BCUT2D eigenvalue weighted by Crippen LogP contribution is -2.45. The SMILES string of the molecule is CNCC1(CN2CCCc3cc(C)ccc32)CCOC1. The average molecular weight is 274 g/mol. The zero-order chi connectivity index (χ0) is 14.0. The van der Waals surface area contributed by atoms with Crippen LogP contribution in [0.2, 0.25) is 0 Å². The van der Waals surface area contributed by atoms with Crippen molar-refractivity contribution in [3.8, 4) is 0 Å². The molecule has 0 saturated carbocycles. The molecular weight excluding hydrogens is 248 g/mol. The third kappa shape index (κ3) is 2.70. The minimum absolute atomic E-state index is 0.286. The normalized spacial score (nSPS) is 25.8. The highest BCUT2D eigenvalue weighted by Crippen LogP contribution is 2.34. The number of hydrogen-bond donors (Lipinski definition) is 1. The van der Waals surface area contributed by atoms with E-state index in [-0.39, 0.29) is 5.41 Å². The molecule has 3 rings (SSSR count). The van der Waals surface area contributed by atoms with Gasteiger partial charge >= 0.3 is 0 Å². The summed E-state index contributed by atoms with van der Waals surface area (Å²) in [6.07, 6.45) is 3.67. The average Bonchev–Trinajstić information content (AvgIpc) is 2.87. The number of aryl methyl sites for hydroxylation is 2. The van der Waals surface area contributed by atoms with Crippen LogP contribution in [-0.4, -0.2) is 39.9 Å². The van der Waals surface area contributed by atoms with Gasteiger partial charge in [0.25, 0.3) is 0 Å². The third-order valence-corrected chi connectivity index (χ3v) is 4.71. The molecule has 20 heavy (non-hydrogen) atoms. The Morgan fingerprint density at radius 3 is 3.05 bits per heavy atom. The third-order valence-electron chi connectivity index (χ3n) is 4.71. The number of ether oxygens (including phenoxy) is 1. The molecule has 0 amide bonds. The second-order valence-corrected chi connectivity index (χ2v) is 6.49. The monoisotopic (exact) mass is 274 g/mol. The van der Waals surface area contributed by atoms with Gasteiger partial charge in [-0.3, -0.25) is 0 Å². The second kappa shape index (κ2) is 5.74. The molecule has 2 aliphatic rings. The van der Waals surface area contributed by atoms with Crippen molar-refractivity contribution in [1.29, 1.82) is 0 Å². The van der Waals surface area contributed by atoms with E-state index in [1.54, 1.807) is 0 Å². The topological polar surface area (TPSA) is 24.5 Å². The van der Waals surface area contributed by atoms with Crippen molar-refractivity contribution in [1.82, 2.24) is 5.32 Å². The molecule has 2 aliphatic heterocycles. The maximum absolute atomic E-state index is 5.69.